The van der Waals surface area contributed by atoms with Crippen LogP contribution in [0.5, 0.6) is 5.75 Å². The van der Waals surface area contributed by atoms with Crippen LogP contribution in [0.2, 0.25) is 10.0 Å². The molecule has 0 bridgehead atoms. The molecule has 128 valence electrons. The highest BCUT2D eigenvalue weighted by molar-refractivity contribution is 7.99. The number of carbonyl (C=O) groups excluding carboxylic acids is 1. The summed E-state index contributed by atoms with van der Waals surface area (Å²) in [7, 11) is 0. The zero-order chi connectivity index (χ0) is 17.1. The first-order valence-corrected chi connectivity index (χ1v) is 9.71. The van der Waals surface area contributed by atoms with Gasteiger partial charge in [-0.25, -0.2) is 9.10 Å². The number of urea groups is 1. The molecule has 2 heterocycles. The number of carbonyl (C=O) groups is 1. The predicted octanol–water partition coefficient (Wildman–Crippen LogP) is 5.51. The second kappa shape index (κ2) is 7.84. The predicted molar refractivity (Wildman–Crippen MR) is 102 cm³/mol. The third-order valence-corrected chi connectivity index (χ3v) is 6.53. The van der Waals surface area contributed by atoms with E-state index in [1.54, 1.807) is 23.6 Å². The zero-order valence-electron chi connectivity index (χ0n) is 12.5. The molecule has 1 aromatic carbocycles. The van der Waals surface area contributed by atoms with E-state index >= 15 is 0 Å². The van der Waals surface area contributed by atoms with Crippen LogP contribution in [0.15, 0.2) is 27.8 Å². The van der Waals surface area contributed by atoms with Gasteiger partial charge in [-0.1, -0.05) is 29.3 Å². The number of benzene rings is 1. The second-order valence-electron chi connectivity index (χ2n) is 5.19. The summed E-state index contributed by atoms with van der Waals surface area (Å²) in [5, 5.41) is 17.9. The first-order valence-electron chi connectivity index (χ1n) is 7.30. The molecule has 0 spiro atoms. The van der Waals surface area contributed by atoms with Crippen molar-refractivity contribution < 1.29 is 9.90 Å². The van der Waals surface area contributed by atoms with Crippen molar-refractivity contribution >= 4 is 63.9 Å². The van der Waals surface area contributed by atoms with Crippen molar-refractivity contribution in [2.24, 2.45) is 0 Å². The molecule has 9 heteroatoms. The number of anilines is 2. The Morgan fingerprint density at radius 1 is 1.21 bits per heavy atom. The summed E-state index contributed by atoms with van der Waals surface area (Å²) in [6.07, 6.45) is 2.35. The Balaban J connectivity index is 1.64. The Hall–Kier alpha value is -1.12. The lowest BCUT2D eigenvalue weighted by Gasteiger charge is -2.12. The summed E-state index contributed by atoms with van der Waals surface area (Å²) in [6, 6.07) is 4.48. The lowest BCUT2D eigenvalue weighted by molar-refractivity contribution is 0.262. The Morgan fingerprint density at radius 2 is 1.92 bits per heavy atom. The average molecular weight is 404 g/mol. The van der Waals surface area contributed by atoms with Crippen LogP contribution in [0.25, 0.3) is 0 Å². The minimum absolute atomic E-state index is 0.0873. The molecular formula is C15H15Cl2N3O2S2. The van der Waals surface area contributed by atoms with Gasteiger partial charge in [0.1, 0.15) is 4.21 Å². The SMILES string of the molecule is O=C(Nc1csc(SN2CCCC2)c1O)Nc1cccc(Cl)c1Cl. The Labute approximate surface area is 158 Å². The Kier molecular flexibility index (Phi) is 5.78. The summed E-state index contributed by atoms with van der Waals surface area (Å²) >= 11 is 14.9. The molecule has 2 aromatic rings. The number of hydrogen-bond acceptors (Lipinski definition) is 5. The Morgan fingerprint density at radius 3 is 2.67 bits per heavy atom. The van der Waals surface area contributed by atoms with E-state index in [0.717, 1.165) is 17.3 Å². The second-order valence-corrected chi connectivity index (χ2v) is 8.22. The van der Waals surface area contributed by atoms with Crippen LogP contribution in [-0.4, -0.2) is 28.5 Å². The molecule has 2 amide bonds. The number of nitrogens with one attached hydrogen (secondary N) is 2. The van der Waals surface area contributed by atoms with Gasteiger partial charge in [0.05, 0.1) is 21.4 Å². The van der Waals surface area contributed by atoms with Gasteiger partial charge in [0, 0.05) is 18.5 Å². The fourth-order valence-electron chi connectivity index (χ4n) is 2.26. The van der Waals surface area contributed by atoms with Crippen molar-refractivity contribution in [1.29, 1.82) is 0 Å². The molecule has 0 unspecified atom stereocenters. The summed E-state index contributed by atoms with van der Waals surface area (Å²) in [5.74, 6) is 0.0873. The third-order valence-electron chi connectivity index (χ3n) is 3.46. The molecule has 1 aliphatic heterocycles. The van der Waals surface area contributed by atoms with Gasteiger partial charge in [-0.3, -0.25) is 0 Å². The first-order chi connectivity index (χ1) is 11.5. The topological polar surface area (TPSA) is 64.6 Å². The highest BCUT2D eigenvalue weighted by Gasteiger charge is 2.19. The molecule has 3 rings (SSSR count). The number of amides is 2. The van der Waals surface area contributed by atoms with Gasteiger partial charge < -0.3 is 15.7 Å². The molecule has 0 aliphatic carbocycles. The number of hydrogen-bond donors (Lipinski definition) is 3. The van der Waals surface area contributed by atoms with Gasteiger partial charge in [-0.2, -0.15) is 0 Å². The largest absolute Gasteiger partial charge is 0.504 e. The number of halogens is 2. The molecule has 0 radical (unpaired) electrons. The fraction of sp³-hybridized carbons (Fsp3) is 0.267. The average Bonchev–Trinajstić information content (AvgIpc) is 3.17. The number of thiophene rings is 1. The van der Waals surface area contributed by atoms with Crippen LogP contribution in [0, 0.1) is 0 Å². The van der Waals surface area contributed by atoms with Crippen molar-refractivity contribution in [2.45, 2.75) is 17.1 Å². The number of nitrogens with zero attached hydrogens (tertiary/aromatic N) is 1. The van der Waals surface area contributed by atoms with E-state index in [-0.39, 0.29) is 10.8 Å². The van der Waals surface area contributed by atoms with E-state index in [2.05, 4.69) is 14.9 Å². The van der Waals surface area contributed by atoms with Crippen molar-refractivity contribution in [2.75, 3.05) is 23.7 Å². The van der Waals surface area contributed by atoms with Crippen molar-refractivity contribution in [3.05, 3.63) is 33.6 Å². The highest BCUT2D eigenvalue weighted by Crippen LogP contribution is 2.43. The van der Waals surface area contributed by atoms with Crippen LogP contribution in [-0.2, 0) is 0 Å². The monoisotopic (exact) mass is 403 g/mol. The molecule has 3 N–H and O–H groups in total. The van der Waals surface area contributed by atoms with Gasteiger partial charge >= 0.3 is 6.03 Å². The first kappa shape index (κ1) is 17.7. The summed E-state index contributed by atoms with van der Waals surface area (Å²) in [6.45, 7) is 2.02. The van der Waals surface area contributed by atoms with Gasteiger partial charge in [0.25, 0.3) is 0 Å². The minimum atomic E-state index is -0.495. The minimum Gasteiger partial charge on any atom is -0.504 e. The lowest BCUT2D eigenvalue weighted by Crippen LogP contribution is -2.19. The van der Waals surface area contributed by atoms with E-state index in [1.165, 1.54) is 36.1 Å². The van der Waals surface area contributed by atoms with Gasteiger partial charge in [0.15, 0.2) is 5.75 Å². The Bertz CT molecular complexity index is 748. The maximum atomic E-state index is 12.1. The molecule has 1 aliphatic rings. The molecule has 0 atom stereocenters. The molecule has 5 nitrogen and oxygen atoms in total. The van der Waals surface area contributed by atoms with Crippen LogP contribution >= 0.6 is 46.5 Å². The summed E-state index contributed by atoms with van der Waals surface area (Å²) < 4.78 is 2.98. The van der Waals surface area contributed by atoms with E-state index < -0.39 is 6.03 Å². The highest BCUT2D eigenvalue weighted by atomic mass is 35.5. The standard InChI is InChI=1S/C15H15Cl2N3O2S2/c16-9-4-3-5-10(12(9)17)18-15(22)19-11-8-23-14(13(11)21)24-20-6-1-2-7-20/h3-5,8,21H,1-2,6-7H2,(H2,18,19,22). The fourth-order valence-corrected chi connectivity index (χ4v) is 4.73. The molecule has 1 saturated heterocycles. The molecular weight excluding hydrogens is 389 g/mol. The van der Waals surface area contributed by atoms with Crippen LogP contribution in [0.4, 0.5) is 16.2 Å². The smallest absolute Gasteiger partial charge is 0.323 e. The van der Waals surface area contributed by atoms with Crippen LogP contribution in [0.1, 0.15) is 12.8 Å². The van der Waals surface area contributed by atoms with Crippen LogP contribution in [0.3, 0.4) is 0 Å². The number of rotatable bonds is 4. The molecule has 0 saturated carbocycles. The quantitative estimate of drug-likeness (QED) is 0.588. The van der Waals surface area contributed by atoms with Crippen LogP contribution < -0.4 is 10.6 Å². The van der Waals surface area contributed by atoms with Gasteiger partial charge in [-0.05, 0) is 36.9 Å². The molecule has 1 fully saturated rings. The van der Waals surface area contributed by atoms with E-state index in [0.29, 0.717) is 16.4 Å². The lowest BCUT2D eigenvalue weighted by atomic mass is 10.3. The van der Waals surface area contributed by atoms with Gasteiger partial charge in [0.2, 0.25) is 0 Å². The normalized spacial score (nSPS) is 14.8. The summed E-state index contributed by atoms with van der Waals surface area (Å²) in [4.78, 5) is 12.1. The maximum Gasteiger partial charge on any atom is 0.323 e. The van der Waals surface area contributed by atoms with E-state index in [9.17, 15) is 9.90 Å². The maximum absolute atomic E-state index is 12.1. The van der Waals surface area contributed by atoms with Crippen molar-refractivity contribution in [3.63, 3.8) is 0 Å². The number of aromatic hydroxyl groups is 1. The van der Waals surface area contributed by atoms with E-state index in [1.807, 2.05) is 0 Å². The summed E-state index contributed by atoms with van der Waals surface area (Å²) in [5.41, 5.74) is 0.778. The molecule has 24 heavy (non-hydrogen) atoms. The van der Waals surface area contributed by atoms with E-state index in [4.69, 9.17) is 23.2 Å². The molecule has 1 aromatic heterocycles. The third kappa shape index (κ3) is 4.10. The van der Waals surface area contributed by atoms with Gasteiger partial charge in [-0.15, -0.1) is 11.3 Å². The van der Waals surface area contributed by atoms with Crippen molar-refractivity contribution in [1.82, 2.24) is 4.31 Å². The van der Waals surface area contributed by atoms with Crippen molar-refractivity contribution in [3.8, 4) is 5.75 Å². The zero-order valence-corrected chi connectivity index (χ0v) is 15.7.